The summed E-state index contributed by atoms with van der Waals surface area (Å²) in [5.41, 5.74) is 1.17. The summed E-state index contributed by atoms with van der Waals surface area (Å²) in [5, 5.41) is 6.14. The third kappa shape index (κ3) is 3.12. The summed E-state index contributed by atoms with van der Waals surface area (Å²) in [6.45, 7) is -0.140. The molecule has 2 amide bonds. The van der Waals surface area contributed by atoms with Gasteiger partial charge in [0.1, 0.15) is 12.1 Å². The third-order valence-electron chi connectivity index (χ3n) is 3.06. The summed E-state index contributed by atoms with van der Waals surface area (Å²) in [6, 6.07) is 12.7. The molecule has 0 aliphatic heterocycles. The molecule has 3 rings (SSSR count). The number of anilines is 1. The van der Waals surface area contributed by atoms with Gasteiger partial charge in [-0.3, -0.25) is 9.59 Å². The predicted octanol–water partition coefficient (Wildman–Crippen LogP) is 2.20. The monoisotopic (exact) mass is 295 g/mol. The summed E-state index contributed by atoms with van der Waals surface area (Å²) in [4.78, 5) is 27.8. The van der Waals surface area contributed by atoms with Crippen molar-refractivity contribution >= 4 is 28.5 Å². The maximum Gasteiger partial charge on any atom is 0.254 e. The highest BCUT2D eigenvalue weighted by Crippen LogP contribution is 2.14. The second-order valence-electron chi connectivity index (χ2n) is 4.63. The second-order valence-corrected chi connectivity index (χ2v) is 4.63. The van der Waals surface area contributed by atoms with E-state index in [0.29, 0.717) is 11.4 Å². The summed E-state index contributed by atoms with van der Waals surface area (Å²) < 4.78 is 4.81. The molecule has 0 fully saturated rings. The predicted molar refractivity (Wildman–Crippen MR) is 81.4 cm³/mol. The molecule has 6 heteroatoms. The van der Waals surface area contributed by atoms with Crippen molar-refractivity contribution in [3.05, 3.63) is 60.6 Å². The smallest absolute Gasteiger partial charge is 0.254 e. The average Bonchev–Trinajstić information content (AvgIpc) is 3.07. The van der Waals surface area contributed by atoms with Gasteiger partial charge < -0.3 is 15.1 Å². The van der Waals surface area contributed by atoms with Gasteiger partial charge in [-0.05, 0) is 24.3 Å². The number of amides is 2. The quantitative estimate of drug-likeness (QED) is 0.772. The van der Waals surface area contributed by atoms with E-state index in [2.05, 4.69) is 15.6 Å². The normalized spacial score (nSPS) is 10.4. The van der Waals surface area contributed by atoms with Crippen LogP contribution in [0.3, 0.4) is 0 Å². The van der Waals surface area contributed by atoms with Crippen LogP contribution in [0, 0.1) is 0 Å². The van der Waals surface area contributed by atoms with Crippen molar-refractivity contribution < 1.29 is 14.0 Å². The molecule has 2 N–H and O–H groups in total. The van der Waals surface area contributed by atoms with Crippen LogP contribution in [0.15, 0.2) is 59.4 Å². The molecule has 0 unspecified atom stereocenters. The van der Waals surface area contributed by atoms with Gasteiger partial charge in [0.15, 0.2) is 0 Å². The van der Waals surface area contributed by atoms with E-state index in [1.807, 2.05) is 30.3 Å². The SMILES string of the molecule is O=C(CNC(=O)c1ccoc1)Nc1ccc2ccccc2n1. The highest BCUT2D eigenvalue weighted by atomic mass is 16.3. The number of benzene rings is 1. The Balaban J connectivity index is 1.59. The van der Waals surface area contributed by atoms with E-state index in [1.165, 1.54) is 18.6 Å². The van der Waals surface area contributed by atoms with Gasteiger partial charge in [0.25, 0.3) is 5.91 Å². The largest absolute Gasteiger partial charge is 0.472 e. The molecule has 0 aliphatic rings. The molecule has 22 heavy (non-hydrogen) atoms. The minimum absolute atomic E-state index is 0.140. The number of nitrogens with one attached hydrogen (secondary N) is 2. The van der Waals surface area contributed by atoms with Gasteiger partial charge in [-0.1, -0.05) is 18.2 Å². The van der Waals surface area contributed by atoms with Crippen LogP contribution in [0.25, 0.3) is 10.9 Å². The standard InChI is InChI=1S/C16H13N3O3/c20-15(9-17-16(21)12-7-8-22-10-12)19-14-6-5-11-3-1-2-4-13(11)18-14/h1-8,10H,9H2,(H,17,21)(H,18,19,20). The van der Waals surface area contributed by atoms with Crippen LogP contribution in [0.2, 0.25) is 0 Å². The van der Waals surface area contributed by atoms with E-state index in [9.17, 15) is 9.59 Å². The second kappa shape index (κ2) is 6.09. The Morgan fingerprint density at radius 3 is 2.77 bits per heavy atom. The van der Waals surface area contributed by atoms with E-state index >= 15 is 0 Å². The summed E-state index contributed by atoms with van der Waals surface area (Å²) >= 11 is 0. The molecule has 2 heterocycles. The zero-order valence-corrected chi connectivity index (χ0v) is 11.6. The van der Waals surface area contributed by atoms with E-state index in [4.69, 9.17) is 4.42 Å². The zero-order chi connectivity index (χ0) is 15.4. The van der Waals surface area contributed by atoms with Gasteiger partial charge in [0.05, 0.1) is 23.9 Å². The molecule has 2 aromatic heterocycles. The number of fused-ring (bicyclic) bond motifs is 1. The number of nitrogens with zero attached hydrogens (tertiary/aromatic N) is 1. The molecule has 0 radical (unpaired) electrons. The van der Waals surface area contributed by atoms with Crippen LogP contribution >= 0.6 is 0 Å². The molecule has 0 bridgehead atoms. The fraction of sp³-hybridized carbons (Fsp3) is 0.0625. The van der Waals surface area contributed by atoms with Gasteiger partial charge in [0.2, 0.25) is 5.91 Å². The number of para-hydroxylation sites is 1. The van der Waals surface area contributed by atoms with Crippen molar-refractivity contribution in [2.45, 2.75) is 0 Å². The van der Waals surface area contributed by atoms with Crippen LogP contribution < -0.4 is 10.6 Å². The summed E-state index contributed by atoms with van der Waals surface area (Å²) in [6.07, 6.45) is 2.71. The highest BCUT2D eigenvalue weighted by Gasteiger charge is 2.09. The summed E-state index contributed by atoms with van der Waals surface area (Å²) in [5.74, 6) is -0.267. The molecule has 0 spiro atoms. The molecule has 0 aliphatic carbocycles. The number of carbonyl (C=O) groups excluding carboxylic acids is 2. The highest BCUT2D eigenvalue weighted by molar-refractivity contribution is 5.99. The van der Waals surface area contributed by atoms with Crippen molar-refractivity contribution in [3.63, 3.8) is 0 Å². The first kappa shape index (κ1) is 13.8. The molecule has 0 atom stereocenters. The van der Waals surface area contributed by atoms with Gasteiger partial charge in [-0.2, -0.15) is 0 Å². The van der Waals surface area contributed by atoms with E-state index in [-0.39, 0.29) is 18.4 Å². The maximum absolute atomic E-state index is 11.8. The number of furan rings is 1. The van der Waals surface area contributed by atoms with E-state index in [1.54, 1.807) is 6.07 Å². The Morgan fingerprint density at radius 1 is 1.09 bits per heavy atom. The first-order valence-corrected chi connectivity index (χ1v) is 6.68. The fourth-order valence-corrected chi connectivity index (χ4v) is 1.98. The molecule has 3 aromatic rings. The number of carbonyl (C=O) groups is 2. The van der Waals surface area contributed by atoms with Crippen LogP contribution in [0.4, 0.5) is 5.82 Å². The van der Waals surface area contributed by atoms with Gasteiger partial charge >= 0.3 is 0 Å². The van der Waals surface area contributed by atoms with Crippen LogP contribution in [0.5, 0.6) is 0 Å². The molecule has 0 saturated carbocycles. The van der Waals surface area contributed by atoms with Crippen molar-refractivity contribution in [1.82, 2.24) is 10.3 Å². The van der Waals surface area contributed by atoms with Gasteiger partial charge in [0, 0.05) is 5.39 Å². The van der Waals surface area contributed by atoms with Crippen LogP contribution in [-0.4, -0.2) is 23.3 Å². The Hall–Kier alpha value is -3.15. The lowest BCUT2D eigenvalue weighted by molar-refractivity contribution is -0.115. The first-order valence-electron chi connectivity index (χ1n) is 6.68. The molecule has 6 nitrogen and oxygen atoms in total. The molecular formula is C16H13N3O3. The lowest BCUT2D eigenvalue weighted by Crippen LogP contribution is -2.32. The minimum atomic E-state index is -0.365. The van der Waals surface area contributed by atoms with Crippen molar-refractivity contribution in [1.29, 1.82) is 0 Å². The molecule has 110 valence electrons. The van der Waals surface area contributed by atoms with Crippen molar-refractivity contribution in [3.8, 4) is 0 Å². The summed E-state index contributed by atoms with van der Waals surface area (Å²) in [7, 11) is 0. The number of aromatic nitrogens is 1. The Labute approximate surface area is 126 Å². The van der Waals surface area contributed by atoms with Crippen LogP contribution in [-0.2, 0) is 4.79 Å². The Bertz CT molecular complexity index is 812. The van der Waals surface area contributed by atoms with Crippen LogP contribution in [0.1, 0.15) is 10.4 Å². The van der Waals surface area contributed by atoms with Gasteiger partial charge in [-0.15, -0.1) is 0 Å². The Kier molecular flexibility index (Phi) is 3.82. The number of hydrogen-bond acceptors (Lipinski definition) is 4. The van der Waals surface area contributed by atoms with Crippen molar-refractivity contribution in [2.24, 2.45) is 0 Å². The Morgan fingerprint density at radius 2 is 1.95 bits per heavy atom. The van der Waals surface area contributed by atoms with E-state index < -0.39 is 0 Å². The van der Waals surface area contributed by atoms with Crippen molar-refractivity contribution in [2.75, 3.05) is 11.9 Å². The zero-order valence-electron chi connectivity index (χ0n) is 11.6. The number of hydrogen-bond donors (Lipinski definition) is 2. The molecule has 1 aromatic carbocycles. The number of rotatable bonds is 4. The number of pyridine rings is 1. The third-order valence-corrected chi connectivity index (χ3v) is 3.06. The lowest BCUT2D eigenvalue weighted by Gasteiger charge is -2.06. The molecular weight excluding hydrogens is 282 g/mol. The first-order chi connectivity index (χ1) is 10.7. The minimum Gasteiger partial charge on any atom is -0.472 e. The maximum atomic E-state index is 11.8. The topological polar surface area (TPSA) is 84.2 Å². The molecule has 0 saturated heterocycles. The fourth-order valence-electron chi connectivity index (χ4n) is 1.98. The average molecular weight is 295 g/mol. The van der Waals surface area contributed by atoms with E-state index in [0.717, 1.165) is 10.9 Å². The lowest BCUT2D eigenvalue weighted by atomic mass is 10.2. The van der Waals surface area contributed by atoms with Gasteiger partial charge in [-0.25, -0.2) is 4.98 Å².